The summed E-state index contributed by atoms with van der Waals surface area (Å²) in [5.74, 6) is -0.139. The van der Waals surface area contributed by atoms with Gasteiger partial charge in [-0.25, -0.2) is 4.98 Å². The van der Waals surface area contributed by atoms with Crippen molar-refractivity contribution in [3.8, 4) is 5.69 Å². The van der Waals surface area contributed by atoms with Crippen LogP contribution in [0.1, 0.15) is 0 Å². The SMILES string of the molecule is COC(=O)CSc1nccn1-c1c(Cl)cccc1Cl. The van der Waals surface area contributed by atoms with E-state index in [1.165, 1.54) is 18.9 Å². The monoisotopic (exact) mass is 316 g/mol. The molecule has 0 unspecified atom stereocenters. The Morgan fingerprint density at radius 1 is 1.42 bits per heavy atom. The summed E-state index contributed by atoms with van der Waals surface area (Å²) in [5, 5.41) is 1.66. The predicted molar refractivity (Wildman–Crippen MR) is 76.3 cm³/mol. The lowest BCUT2D eigenvalue weighted by atomic mass is 10.3. The summed E-state index contributed by atoms with van der Waals surface area (Å²) in [6.45, 7) is 0. The number of para-hydroxylation sites is 1. The fraction of sp³-hybridized carbons (Fsp3) is 0.167. The van der Waals surface area contributed by atoms with Crippen molar-refractivity contribution in [2.24, 2.45) is 0 Å². The van der Waals surface area contributed by atoms with Gasteiger partial charge in [-0.1, -0.05) is 41.0 Å². The number of hydrogen-bond acceptors (Lipinski definition) is 4. The van der Waals surface area contributed by atoms with Gasteiger partial charge in [0.1, 0.15) is 0 Å². The van der Waals surface area contributed by atoms with Gasteiger partial charge in [-0.15, -0.1) is 0 Å². The van der Waals surface area contributed by atoms with Crippen LogP contribution in [0.2, 0.25) is 10.0 Å². The molecule has 0 N–H and O–H groups in total. The number of aromatic nitrogens is 2. The Balaban J connectivity index is 2.31. The minimum Gasteiger partial charge on any atom is -0.468 e. The number of imidazole rings is 1. The summed E-state index contributed by atoms with van der Waals surface area (Å²) in [5.41, 5.74) is 0.649. The summed E-state index contributed by atoms with van der Waals surface area (Å²) in [7, 11) is 1.35. The molecule has 0 saturated heterocycles. The molecule has 7 heteroatoms. The molecule has 0 saturated carbocycles. The molecule has 0 aliphatic heterocycles. The third-order valence-electron chi connectivity index (χ3n) is 2.33. The zero-order chi connectivity index (χ0) is 13.8. The second kappa shape index (κ2) is 6.32. The molecule has 2 aromatic rings. The molecule has 100 valence electrons. The Kier molecular flexibility index (Phi) is 4.74. The number of carbonyl (C=O) groups is 1. The van der Waals surface area contributed by atoms with Gasteiger partial charge in [-0.3, -0.25) is 9.36 Å². The number of ether oxygens (including phenoxy) is 1. The highest BCUT2D eigenvalue weighted by molar-refractivity contribution is 7.99. The van der Waals surface area contributed by atoms with Crippen LogP contribution in [0.4, 0.5) is 0 Å². The highest BCUT2D eigenvalue weighted by Gasteiger charge is 2.13. The van der Waals surface area contributed by atoms with E-state index in [2.05, 4.69) is 9.72 Å². The predicted octanol–water partition coefficient (Wildman–Crippen LogP) is 3.44. The van der Waals surface area contributed by atoms with E-state index in [1.54, 1.807) is 35.2 Å². The molecule has 0 amide bonds. The molecule has 1 heterocycles. The second-order valence-corrected chi connectivity index (χ2v) is 5.27. The van der Waals surface area contributed by atoms with Crippen molar-refractivity contribution >= 4 is 40.9 Å². The maximum absolute atomic E-state index is 11.2. The molecule has 0 aliphatic rings. The highest BCUT2D eigenvalue weighted by atomic mass is 35.5. The van der Waals surface area contributed by atoms with Crippen LogP contribution in [0, 0.1) is 0 Å². The van der Waals surface area contributed by atoms with Crippen molar-refractivity contribution in [1.29, 1.82) is 0 Å². The number of benzene rings is 1. The zero-order valence-corrected chi connectivity index (χ0v) is 12.3. The van der Waals surface area contributed by atoms with E-state index in [4.69, 9.17) is 23.2 Å². The fourth-order valence-corrected chi connectivity index (χ4v) is 2.84. The maximum Gasteiger partial charge on any atom is 0.316 e. The molecule has 1 aromatic carbocycles. The summed E-state index contributed by atoms with van der Waals surface area (Å²) in [4.78, 5) is 15.3. The van der Waals surface area contributed by atoms with Crippen LogP contribution < -0.4 is 0 Å². The number of hydrogen-bond donors (Lipinski definition) is 0. The van der Waals surface area contributed by atoms with Crippen LogP contribution in [-0.4, -0.2) is 28.4 Å². The van der Waals surface area contributed by atoms with Crippen molar-refractivity contribution in [3.05, 3.63) is 40.6 Å². The largest absolute Gasteiger partial charge is 0.468 e. The average Bonchev–Trinajstić information content (AvgIpc) is 2.84. The minimum atomic E-state index is -0.315. The van der Waals surface area contributed by atoms with Gasteiger partial charge >= 0.3 is 5.97 Å². The zero-order valence-electron chi connectivity index (χ0n) is 9.97. The first kappa shape index (κ1) is 14.2. The lowest BCUT2D eigenvalue weighted by Crippen LogP contribution is -2.05. The Morgan fingerprint density at radius 2 is 2.11 bits per heavy atom. The van der Waals surface area contributed by atoms with Gasteiger partial charge in [0.05, 0.1) is 28.6 Å². The lowest BCUT2D eigenvalue weighted by Gasteiger charge is -2.10. The summed E-state index contributed by atoms with van der Waals surface area (Å²) >= 11 is 13.6. The van der Waals surface area contributed by atoms with Crippen LogP contribution in [0.15, 0.2) is 35.7 Å². The molecule has 2 rings (SSSR count). The molecule has 0 bridgehead atoms. The number of carbonyl (C=O) groups excluding carboxylic acids is 1. The van der Waals surface area contributed by atoms with Gasteiger partial charge in [-0.2, -0.15) is 0 Å². The average molecular weight is 317 g/mol. The molecule has 0 fully saturated rings. The topological polar surface area (TPSA) is 44.1 Å². The van der Waals surface area contributed by atoms with Crippen LogP contribution in [0.3, 0.4) is 0 Å². The normalized spacial score (nSPS) is 10.5. The molecule has 0 aliphatic carbocycles. The minimum absolute atomic E-state index is 0.176. The standard InChI is InChI=1S/C12H10Cl2N2O2S/c1-18-10(17)7-19-12-15-5-6-16(12)11-8(13)3-2-4-9(11)14/h2-6H,7H2,1H3. The molecule has 19 heavy (non-hydrogen) atoms. The maximum atomic E-state index is 11.2. The molecular weight excluding hydrogens is 307 g/mol. The number of nitrogens with zero attached hydrogens (tertiary/aromatic N) is 2. The number of esters is 1. The van der Waals surface area contributed by atoms with Crippen LogP contribution in [0.5, 0.6) is 0 Å². The van der Waals surface area contributed by atoms with Crippen molar-refractivity contribution < 1.29 is 9.53 Å². The Hall–Kier alpha value is -1.17. The first-order valence-corrected chi connectivity index (χ1v) is 7.05. The van der Waals surface area contributed by atoms with Gasteiger partial charge < -0.3 is 4.74 Å². The first-order valence-electron chi connectivity index (χ1n) is 5.31. The quantitative estimate of drug-likeness (QED) is 0.640. The summed E-state index contributed by atoms with van der Waals surface area (Å²) in [6.07, 6.45) is 3.37. The third kappa shape index (κ3) is 3.23. The fourth-order valence-electron chi connectivity index (χ4n) is 1.47. The van der Waals surface area contributed by atoms with Crippen molar-refractivity contribution in [2.75, 3.05) is 12.9 Å². The Labute approximate surface area is 124 Å². The van der Waals surface area contributed by atoms with E-state index in [0.29, 0.717) is 20.9 Å². The molecule has 0 radical (unpaired) electrons. The first-order chi connectivity index (χ1) is 9.13. The van der Waals surface area contributed by atoms with E-state index in [9.17, 15) is 4.79 Å². The third-order valence-corrected chi connectivity index (χ3v) is 3.88. The van der Waals surface area contributed by atoms with Gasteiger partial charge in [0, 0.05) is 12.4 Å². The van der Waals surface area contributed by atoms with E-state index in [1.807, 2.05) is 0 Å². The second-order valence-electron chi connectivity index (χ2n) is 3.51. The molecule has 4 nitrogen and oxygen atoms in total. The van der Waals surface area contributed by atoms with Gasteiger partial charge in [0.25, 0.3) is 0 Å². The number of halogens is 2. The van der Waals surface area contributed by atoms with Gasteiger partial charge in [0.15, 0.2) is 5.16 Å². The van der Waals surface area contributed by atoms with E-state index >= 15 is 0 Å². The summed E-state index contributed by atoms with van der Waals surface area (Å²) < 4.78 is 6.34. The van der Waals surface area contributed by atoms with Gasteiger partial charge in [0.2, 0.25) is 0 Å². The highest BCUT2D eigenvalue weighted by Crippen LogP contribution is 2.31. The van der Waals surface area contributed by atoms with E-state index < -0.39 is 0 Å². The van der Waals surface area contributed by atoms with Crippen LogP contribution in [0.25, 0.3) is 5.69 Å². The van der Waals surface area contributed by atoms with E-state index in [0.717, 1.165) is 0 Å². The summed E-state index contributed by atoms with van der Waals surface area (Å²) in [6, 6.07) is 5.27. The Bertz CT molecular complexity index is 581. The smallest absolute Gasteiger partial charge is 0.316 e. The van der Waals surface area contributed by atoms with Crippen LogP contribution >= 0.6 is 35.0 Å². The number of methoxy groups -OCH3 is 1. The van der Waals surface area contributed by atoms with Crippen molar-refractivity contribution in [3.63, 3.8) is 0 Å². The molecule has 0 atom stereocenters. The molecule has 0 spiro atoms. The van der Waals surface area contributed by atoms with Crippen LogP contribution in [-0.2, 0) is 9.53 Å². The number of thioether (sulfide) groups is 1. The van der Waals surface area contributed by atoms with E-state index in [-0.39, 0.29) is 11.7 Å². The molecular formula is C12H10Cl2N2O2S. The number of rotatable bonds is 4. The van der Waals surface area contributed by atoms with Gasteiger partial charge in [-0.05, 0) is 12.1 Å². The Morgan fingerprint density at radius 3 is 2.74 bits per heavy atom. The lowest BCUT2D eigenvalue weighted by molar-refractivity contribution is -0.137. The van der Waals surface area contributed by atoms with Crippen molar-refractivity contribution in [1.82, 2.24) is 9.55 Å². The van der Waals surface area contributed by atoms with Crippen molar-refractivity contribution in [2.45, 2.75) is 5.16 Å². The molecule has 1 aromatic heterocycles.